The number of H-pyrrole nitrogens is 2. The average Bonchev–Trinajstić information content (AvgIpc) is 4.26. The zero-order chi connectivity index (χ0) is 51.9. The number of aromatic amines is 2. The molecule has 4 fully saturated rings. The van der Waals surface area contributed by atoms with E-state index < -0.39 is 35.9 Å². The average molecular weight is 1020 g/mol. The largest absolute Gasteiger partial charge is 0.453 e. The van der Waals surface area contributed by atoms with Crippen LogP contribution in [0.3, 0.4) is 0 Å². The van der Waals surface area contributed by atoms with E-state index in [0.29, 0.717) is 62.8 Å². The number of nitrogens with one attached hydrogen (secondary N) is 4. The Kier molecular flexibility index (Phi) is 14.4. The van der Waals surface area contributed by atoms with E-state index in [0.717, 1.165) is 65.7 Å². The predicted octanol–water partition coefficient (Wildman–Crippen LogP) is 9.24. The van der Waals surface area contributed by atoms with Crippen LogP contribution in [0.4, 0.5) is 29.7 Å². The number of hydrogen-bond donors (Lipinski definition) is 4. The third kappa shape index (κ3) is 9.79. The number of likely N-dealkylation sites (tertiary alicyclic amines) is 2. The lowest BCUT2D eigenvalue weighted by atomic mass is 9.88. The molecule has 4 amide bonds. The van der Waals surface area contributed by atoms with Crippen molar-refractivity contribution in [3.63, 3.8) is 0 Å². The van der Waals surface area contributed by atoms with Gasteiger partial charge in [-0.2, -0.15) is 0 Å². The summed E-state index contributed by atoms with van der Waals surface area (Å²) in [4.78, 5) is 77.3. The van der Waals surface area contributed by atoms with Crippen molar-refractivity contribution >= 4 is 52.5 Å². The first-order valence-electron chi connectivity index (χ1n) is 26.3. The molecule has 8 atom stereocenters. The van der Waals surface area contributed by atoms with Gasteiger partial charge in [-0.05, 0) is 98.2 Å². The van der Waals surface area contributed by atoms with Gasteiger partial charge in [-0.15, -0.1) is 0 Å². The number of benzene rings is 3. The van der Waals surface area contributed by atoms with Gasteiger partial charge >= 0.3 is 12.2 Å². The summed E-state index contributed by atoms with van der Waals surface area (Å²) in [6.45, 7) is 9.68. The maximum Gasteiger partial charge on any atom is 0.407 e. The number of imidazole rings is 2. The highest BCUT2D eigenvalue weighted by Crippen LogP contribution is 2.47. The van der Waals surface area contributed by atoms with Gasteiger partial charge in [0.15, 0.2) is 11.6 Å². The number of aromatic nitrogens is 4. The first-order chi connectivity index (χ1) is 35.7. The summed E-state index contributed by atoms with van der Waals surface area (Å²) in [5.74, 6) is -0.464. The molecule has 1 aliphatic carbocycles. The lowest BCUT2D eigenvalue weighted by molar-refractivity contribution is -0.136. The number of hydrogen-bond acceptors (Lipinski definition) is 10. The van der Waals surface area contributed by atoms with Crippen LogP contribution in [-0.4, -0.2) is 112 Å². The van der Waals surface area contributed by atoms with Crippen LogP contribution in [0.15, 0.2) is 66.7 Å². The number of methoxy groups -OCH3 is 2. The van der Waals surface area contributed by atoms with Crippen molar-refractivity contribution in [3.8, 4) is 0 Å². The summed E-state index contributed by atoms with van der Waals surface area (Å²) in [5, 5.41) is 5.44. The second-order valence-electron chi connectivity index (χ2n) is 21.4. The molecule has 0 bridgehead atoms. The molecule has 10 rings (SSSR count). The molecule has 18 heteroatoms. The fourth-order valence-corrected chi connectivity index (χ4v) is 12.4. The van der Waals surface area contributed by atoms with E-state index in [2.05, 4.69) is 49.8 Å². The minimum absolute atomic E-state index is 0.00222. The molecular formula is C56H68F2N10O6. The molecule has 0 spiro atoms. The summed E-state index contributed by atoms with van der Waals surface area (Å²) >= 11 is 0. The van der Waals surface area contributed by atoms with E-state index in [1.54, 1.807) is 4.90 Å². The van der Waals surface area contributed by atoms with Crippen molar-refractivity contribution < 1.29 is 37.4 Å². The Morgan fingerprint density at radius 3 is 1.93 bits per heavy atom. The maximum atomic E-state index is 16.8. The normalized spacial score (nSPS) is 23.5. The third-order valence-electron chi connectivity index (χ3n) is 16.2. The monoisotopic (exact) mass is 1010 g/mol. The number of amides is 4. The summed E-state index contributed by atoms with van der Waals surface area (Å²) < 4.78 is 43.3. The third-order valence-corrected chi connectivity index (χ3v) is 16.2. The Morgan fingerprint density at radius 2 is 1.32 bits per heavy atom. The number of ether oxygens (including phenoxy) is 2. The SMILES string of the molecule is COC(=O)N[C@H](C(=O)N1CCC[C@H]1c1nc2c([nH]1)C=CC([C@H]1CC[C@H](c3ccc4nc([C@@H]5CCCN5C(=O)[C@@H](NC(=O)OC)C(C)C)[nH]c4c3)N1c1cc(F)c(N3CCC(c4ccccc4)C3)c(F)c1)C2)C(C)C. The van der Waals surface area contributed by atoms with Crippen LogP contribution in [-0.2, 0) is 25.5 Å². The van der Waals surface area contributed by atoms with Gasteiger partial charge in [-0.3, -0.25) is 9.59 Å². The van der Waals surface area contributed by atoms with E-state index in [1.807, 2.05) is 73.9 Å². The second kappa shape index (κ2) is 21.1. The molecule has 74 heavy (non-hydrogen) atoms. The van der Waals surface area contributed by atoms with Gasteiger partial charge in [0.05, 0.1) is 54.8 Å². The molecule has 392 valence electrons. The Bertz CT molecular complexity index is 2900. The Morgan fingerprint density at radius 1 is 0.703 bits per heavy atom. The number of alkyl carbamates (subject to hydrolysis) is 2. The van der Waals surface area contributed by atoms with Crippen LogP contribution in [0.25, 0.3) is 17.1 Å². The zero-order valence-corrected chi connectivity index (χ0v) is 43.1. The Balaban J connectivity index is 0.943. The summed E-state index contributed by atoms with van der Waals surface area (Å²) in [6, 6.07) is 16.7. The van der Waals surface area contributed by atoms with Gasteiger partial charge in [0.1, 0.15) is 29.4 Å². The number of fused-ring (bicyclic) bond motifs is 2. The molecule has 5 aliphatic rings. The van der Waals surface area contributed by atoms with E-state index in [-0.39, 0.29) is 65.3 Å². The number of anilines is 2. The van der Waals surface area contributed by atoms with Crippen molar-refractivity contribution in [1.29, 1.82) is 0 Å². The predicted molar refractivity (Wildman–Crippen MR) is 277 cm³/mol. The highest BCUT2D eigenvalue weighted by atomic mass is 19.1. The van der Waals surface area contributed by atoms with Crippen molar-refractivity contribution in [2.24, 2.45) is 17.8 Å². The molecule has 2 aromatic heterocycles. The minimum atomic E-state index is -0.763. The summed E-state index contributed by atoms with van der Waals surface area (Å²) in [6.07, 6.45) is 8.71. The lowest BCUT2D eigenvalue weighted by Crippen LogP contribution is -2.51. The van der Waals surface area contributed by atoms with E-state index in [4.69, 9.17) is 19.4 Å². The van der Waals surface area contributed by atoms with E-state index in [1.165, 1.54) is 26.4 Å². The van der Waals surface area contributed by atoms with Gasteiger partial charge < -0.3 is 49.7 Å². The summed E-state index contributed by atoms with van der Waals surface area (Å²) in [7, 11) is 2.56. The van der Waals surface area contributed by atoms with E-state index in [9.17, 15) is 19.2 Å². The molecule has 4 N–H and O–H groups in total. The Hall–Kier alpha value is -6.98. The summed E-state index contributed by atoms with van der Waals surface area (Å²) in [5.41, 5.74) is 5.83. The van der Waals surface area contributed by atoms with E-state index >= 15 is 8.78 Å². The molecular weight excluding hydrogens is 947 g/mol. The molecule has 0 radical (unpaired) electrons. The maximum absolute atomic E-state index is 16.8. The topological polar surface area (TPSA) is 181 Å². The smallest absolute Gasteiger partial charge is 0.407 e. The number of rotatable bonds is 13. The van der Waals surface area contributed by atoms with Gasteiger partial charge in [-0.25, -0.2) is 28.3 Å². The highest BCUT2D eigenvalue weighted by Gasteiger charge is 2.43. The first-order valence-corrected chi connectivity index (χ1v) is 26.3. The quantitative estimate of drug-likeness (QED) is 0.0888. The van der Waals surface area contributed by atoms with Gasteiger partial charge in [0.2, 0.25) is 11.8 Å². The molecule has 0 saturated carbocycles. The zero-order valence-electron chi connectivity index (χ0n) is 43.1. The van der Waals surface area contributed by atoms with Crippen LogP contribution in [0.2, 0.25) is 0 Å². The van der Waals surface area contributed by atoms with Crippen LogP contribution in [0.5, 0.6) is 0 Å². The molecule has 5 aromatic rings. The lowest BCUT2D eigenvalue weighted by Gasteiger charge is -2.37. The fraction of sp³-hybridized carbons (Fsp3) is 0.500. The number of nitrogens with zero attached hydrogens (tertiary/aromatic N) is 6. The van der Waals surface area contributed by atoms with Crippen molar-refractivity contribution in [1.82, 2.24) is 40.4 Å². The van der Waals surface area contributed by atoms with Gasteiger partial charge in [-0.1, -0.05) is 70.2 Å². The van der Waals surface area contributed by atoms with Crippen LogP contribution in [0, 0.1) is 29.4 Å². The van der Waals surface area contributed by atoms with Crippen LogP contribution in [0.1, 0.15) is 131 Å². The fourth-order valence-electron chi connectivity index (χ4n) is 12.4. The molecule has 6 heterocycles. The molecule has 4 saturated heterocycles. The minimum Gasteiger partial charge on any atom is -0.453 e. The van der Waals surface area contributed by atoms with Crippen LogP contribution >= 0.6 is 0 Å². The molecule has 2 unspecified atom stereocenters. The molecule has 16 nitrogen and oxygen atoms in total. The molecule has 3 aromatic carbocycles. The highest BCUT2D eigenvalue weighted by molar-refractivity contribution is 5.87. The van der Waals surface area contributed by atoms with Gasteiger partial charge in [0.25, 0.3) is 0 Å². The number of carbonyl (C=O) groups excluding carboxylic acids is 4. The van der Waals surface area contributed by atoms with Gasteiger partial charge in [0, 0.05) is 56.2 Å². The van der Waals surface area contributed by atoms with Crippen molar-refractivity contribution in [2.45, 2.75) is 121 Å². The number of halogens is 2. The standard InChI is InChI=1S/C56H68F2N10O6/c1-31(2)48(63-55(71)73-5)53(69)66-23-10-14-46(66)51-59-40-18-16-34(26-42(40)61-51)44-20-21-45(68(44)37-28-38(57)50(39(58)29-37)65-25-22-36(30-65)33-12-8-7-9-13-33)35-17-19-41-43(27-35)62-52(60-41)47-15-11-24-67(47)54(70)49(32(3)4)64-56(72)74-6/h7-9,12-13,16-19,26,28-29,31-32,35-36,44-49H,10-11,14-15,20-25,27,30H2,1-6H3,(H,59,61)(H,60,62)(H,63,71)(H,64,72)/t35?,36?,44-,45-,46+,47+,48+,49+/m1/s1. The second-order valence-corrected chi connectivity index (χ2v) is 21.4. The Labute approximate surface area is 430 Å². The molecule has 4 aliphatic heterocycles. The van der Waals surface area contributed by atoms with Crippen LogP contribution < -0.4 is 20.4 Å². The van der Waals surface area contributed by atoms with Crippen molar-refractivity contribution in [3.05, 3.63) is 113 Å². The van der Waals surface area contributed by atoms with Crippen molar-refractivity contribution in [2.75, 3.05) is 50.2 Å². The number of carbonyl (C=O) groups is 4. The first kappa shape index (κ1) is 50.5.